The van der Waals surface area contributed by atoms with Crippen LogP contribution in [-0.4, -0.2) is 86.9 Å². The number of hydrogen-bond acceptors (Lipinski definition) is 10. The van der Waals surface area contributed by atoms with E-state index in [1.807, 2.05) is 54.3 Å². The Labute approximate surface area is 342 Å². The molecule has 4 aromatic rings. The molecule has 0 spiro atoms. The molecule has 1 amide bonds. The van der Waals surface area contributed by atoms with E-state index in [4.69, 9.17) is 23.4 Å². The lowest BCUT2D eigenvalue weighted by Crippen LogP contribution is -2.69. The minimum absolute atomic E-state index is 0.0745. The van der Waals surface area contributed by atoms with Gasteiger partial charge >= 0.3 is 12.1 Å². The van der Waals surface area contributed by atoms with E-state index in [9.17, 15) is 20.0 Å². The van der Waals surface area contributed by atoms with Crippen molar-refractivity contribution in [2.75, 3.05) is 27.4 Å². The zero-order valence-electron chi connectivity index (χ0n) is 34.3. The lowest BCUT2D eigenvalue weighted by atomic mass is 9.79. The minimum atomic E-state index is -3.01. The highest BCUT2D eigenvalue weighted by atomic mass is 28.4. The van der Waals surface area contributed by atoms with Gasteiger partial charge in [0.2, 0.25) is 0 Å². The third-order valence-corrected chi connectivity index (χ3v) is 17.3. The van der Waals surface area contributed by atoms with Crippen LogP contribution in [0.5, 0.6) is 17.2 Å². The molecule has 0 saturated carbocycles. The fraction of sp³-hybridized carbons (Fsp3) is 0.413. The molecule has 11 nitrogen and oxygen atoms in total. The highest BCUT2D eigenvalue weighted by molar-refractivity contribution is 6.99. The van der Waals surface area contributed by atoms with Crippen molar-refractivity contribution in [3.8, 4) is 23.3 Å². The normalized spacial score (nSPS) is 22.6. The first kappa shape index (κ1) is 41.0. The van der Waals surface area contributed by atoms with Crippen LogP contribution in [-0.2, 0) is 27.0 Å². The van der Waals surface area contributed by atoms with Crippen LogP contribution in [0, 0.1) is 24.2 Å². The molecule has 3 aliphatic rings. The van der Waals surface area contributed by atoms with Crippen molar-refractivity contribution < 1.29 is 38.1 Å². The fourth-order valence-corrected chi connectivity index (χ4v) is 14.8. The van der Waals surface area contributed by atoms with Gasteiger partial charge in [0.1, 0.15) is 18.4 Å². The van der Waals surface area contributed by atoms with E-state index in [0.717, 1.165) is 21.5 Å². The summed E-state index contributed by atoms with van der Waals surface area (Å²) in [6, 6.07) is 29.8. The molecule has 7 rings (SSSR count). The predicted molar refractivity (Wildman–Crippen MR) is 222 cm³/mol. The second-order valence-corrected chi connectivity index (χ2v) is 20.8. The molecule has 0 aromatic heterocycles. The maximum Gasteiger partial charge on any atom is 0.410 e. The van der Waals surface area contributed by atoms with E-state index < -0.39 is 57.2 Å². The highest BCUT2D eigenvalue weighted by Crippen LogP contribution is 2.55. The zero-order chi connectivity index (χ0) is 41.4. The van der Waals surface area contributed by atoms with Gasteiger partial charge in [-0.05, 0) is 40.7 Å². The second kappa shape index (κ2) is 16.6. The van der Waals surface area contributed by atoms with Gasteiger partial charge in [0.25, 0.3) is 8.32 Å². The number of carbonyl (C=O) groups is 2. The Morgan fingerprint density at radius 3 is 1.98 bits per heavy atom. The standard InChI is InChI=1S/C46H53N3O8Si/c1-29-42(53-6)35-24-37-41-32(28-56-58(46(3,4)5,33-19-13-9-14-20-33)34-21-15-10-16-22-34)23-36(49(41)45(52)55-27-31-17-11-8-12-18-31)38(25-47)48(37)39(26-50)40(35)44(43(29)54-7)57-30(2)51/h8-22,32,36-39,41,50H,23-24,26-28H2,1-7H3/t32-,36+,37-,38-,39-,41-/m0/s1. The van der Waals surface area contributed by atoms with Crippen molar-refractivity contribution in [1.82, 2.24) is 9.80 Å². The van der Waals surface area contributed by atoms with Gasteiger partial charge < -0.3 is 28.5 Å². The number of carbonyl (C=O) groups excluding carboxylic acids is 2. The van der Waals surface area contributed by atoms with Crippen LogP contribution in [0.2, 0.25) is 5.04 Å². The van der Waals surface area contributed by atoms with Crippen LogP contribution in [0.15, 0.2) is 91.0 Å². The summed E-state index contributed by atoms with van der Waals surface area (Å²) in [5, 5.41) is 24.5. The number of ether oxygens (including phenoxy) is 4. The van der Waals surface area contributed by atoms with Gasteiger partial charge in [0.15, 0.2) is 11.5 Å². The molecule has 0 radical (unpaired) electrons. The number of benzene rings is 4. The SMILES string of the molecule is COc1c(C)c(OC)c(OC(C)=O)c2c1C[C@H]1[C@@H]3[C@H](CO[Si](c4ccccc4)(c4ccccc4)C(C)(C)C)C[C@H]([C@H](C#N)N1[C@H]2CO)N3C(=O)OCc1ccccc1. The van der Waals surface area contributed by atoms with E-state index in [1.165, 1.54) is 14.0 Å². The highest BCUT2D eigenvalue weighted by Gasteiger charge is 2.62. The van der Waals surface area contributed by atoms with Crippen molar-refractivity contribution >= 4 is 30.8 Å². The first-order valence-corrected chi connectivity index (χ1v) is 21.8. The smallest absolute Gasteiger partial charge is 0.410 e. The molecule has 4 aromatic carbocycles. The number of nitrogens with zero attached hydrogens (tertiary/aromatic N) is 3. The quantitative estimate of drug-likeness (QED) is 0.108. The summed E-state index contributed by atoms with van der Waals surface area (Å²) in [4.78, 5) is 31.0. The first-order valence-electron chi connectivity index (χ1n) is 19.9. The molecule has 3 heterocycles. The van der Waals surface area contributed by atoms with Crippen LogP contribution in [0.1, 0.15) is 62.4 Å². The van der Waals surface area contributed by atoms with Crippen molar-refractivity contribution in [2.45, 2.75) is 89.3 Å². The maximum absolute atomic E-state index is 14.5. The molecule has 2 bridgehead atoms. The van der Waals surface area contributed by atoms with E-state index >= 15 is 0 Å². The molecule has 304 valence electrons. The second-order valence-electron chi connectivity index (χ2n) is 16.5. The largest absolute Gasteiger partial charge is 0.496 e. The van der Waals surface area contributed by atoms with E-state index in [2.05, 4.69) is 75.4 Å². The van der Waals surface area contributed by atoms with Gasteiger partial charge in [-0.2, -0.15) is 5.26 Å². The average Bonchev–Trinajstić information content (AvgIpc) is 3.53. The van der Waals surface area contributed by atoms with Gasteiger partial charge in [-0.1, -0.05) is 112 Å². The summed E-state index contributed by atoms with van der Waals surface area (Å²) in [5.74, 6) is 0.279. The molecule has 3 aliphatic heterocycles. The third kappa shape index (κ3) is 6.94. The number of nitriles is 1. The number of amides is 1. The Morgan fingerprint density at radius 1 is 0.879 bits per heavy atom. The minimum Gasteiger partial charge on any atom is -0.496 e. The number of methoxy groups -OCH3 is 2. The Bertz CT molecular complexity index is 2120. The van der Waals surface area contributed by atoms with Gasteiger partial charge in [0.05, 0.1) is 45.0 Å². The monoisotopic (exact) mass is 803 g/mol. The summed E-state index contributed by atoms with van der Waals surface area (Å²) in [6.45, 7) is 9.86. The zero-order valence-corrected chi connectivity index (χ0v) is 35.3. The fourth-order valence-electron chi connectivity index (χ4n) is 10.1. The molecule has 0 unspecified atom stereocenters. The number of fused-ring (bicyclic) bond motifs is 5. The predicted octanol–water partition coefficient (Wildman–Crippen LogP) is 6.08. The van der Waals surface area contributed by atoms with Crippen LogP contribution >= 0.6 is 0 Å². The summed E-state index contributed by atoms with van der Waals surface area (Å²) in [6.07, 6.45) is 0.290. The molecule has 0 aliphatic carbocycles. The van der Waals surface area contributed by atoms with Crippen molar-refractivity contribution in [2.24, 2.45) is 5.92 Å². The van der Waals surface area contributed by atoms with Crippen molar-refractivity contribution in [3.63, 3.8) is 0 Å². The lowest BCUT2D eigenvalue weighted by Gasteiger charge is -2.55. The van der Waals surface area contributed by atoms with Crippen molar-refractivity contribution in [1.29, 1.82) is 5.26 Å². The number of hydrogen-bond donors (Lipinski definition) is 1. The molecule has 2 saturated heterocycles. The van der Waals surface area contributed by atoms with Crippen LogP contribution in [0.3, 0.4) is 0 Å². The summed E-state index contributed by atoms with van der Waals surface area (Å²) in [5.41, 5.74) is 2.74. The number of esters is 1. The molecule has 1 N–H and O–H groups in total. The topological polar surface area (TPSA) is 131 Å². The Balaban J connectivity index is 1.37. The Morgan fingerprint density at radius 2 is 1.47 bits per heavy atom. The van der Waals surface area contributed by atoms with E-state index in [1.54, 1.807) is 12.0 Å². The molecular formula is C46H53N3O8Si. The number of aliphatic hydroxyl groups is 1. The molecule has 2 fully saturated rings. The summed E-state index contributed by atoms with van der Waals surface area (Å²) < 4.78 is 31.4. The molecule has 58 heavy (non-hydrogen) atoms. The van der Waals surface area contributed by atoms with Gasteiger partial charge in [0, 0.05) is 42.2 Å². The van der Waals surface area contributed by atoms with E-state index in [0.29, 0.717) is 42.1 Å². The molecule has 12 heteroatoms. The third-order valence-electron chi connectivity index (χ3n) is 12.3. The van der Waals surface area contributed by atoms with Gasteiger partial charge in [-0.25, -0.2) is 4.79 Å². The molecule has 6 atom stereocenters. The average molecular weight is 804 g/mol. The number of rotatable bonds is 11. The van der Waals surface area contributed by atoms with Gasteiger partial charge in [-0.3, -0.25) is 14.6 Å². The summed E-state index contributed by atoms with van der Waals surface area (Å²) in [7, 11) is 0.0631. The number of aliphatic hydroxyl groups excluding tert-OH is 1. The summed E-state index contributed by atoms with van der Waals surface area (Å²) >= 11 is 0. The Kier molecular flexibility index (Phi) is 11.7. The van der Waals surface area contributed by atoms with Gasteiger partial charge in [-0.15, -0.1) is 0 Å². The van der Waals surface area contributed by atoms with Crippen LogP contribution < -0.4 is 24.6 Å². The first-order chi connectivity index (χ1) is 27.9. The van der Waals surface area contributed by atoms with E-state index in [-0.39, 0.29) is 23.3 Å². The lowest BCUT2D eigenvalue weighted by molar-refractivity contribution is -0.132. The van der Waals surface area contributed by atoms with Crippen molar-refractivity contribution in [3.05, 3.63) is 113 Å². The maximum atomic E-state index is 14.5. The molecular weight excluding hydrogens is 751 g/mol. The Hall–Kier alpha value is -5.19. The number of piperazine rings is 1. The van der Waals surface area contributed by atoms with Crippen LogP contribution in [0.4, 0.5) is 4.79 Å². The van der Waals surface area contributed by atoms with Crippen LogP contribution in [0.25, 0.3) is 0 Å².